The van der Waals surface area contributed by atoms with E-state index in [0.717, 1.165) is 23.4 Å². The zero-order valence-corrected chi connectivity index (χ0v) is 23.7. The molecular weight excluding hydrogens is 549 g/mol. The van der Waals surface area contributed by atoms with Crippen LogP contribution in [0.15, 0.2) is 94.9 Å². The van der Waals surface area contributed by atoms with Crippen LogP contribution < -0.4 is 15.6 Å². The molecule has 3 aromatic carbocycles. The minimum atomic E-state index is -0.223. The van der Waals surface area contributed by atoms with Crippen molar-refractivity contribution >= 4 is 51.6 Å². The molecule has 0 aliphatic heterocycles. The van der Waals surface area contributed by atoms with Gasteiger partial charge < -0.3 is 10.1 Å². The van der Waals surface area contributed by atoms with E-state index in [9.17, 15) is 9.59 Å². The lowest BCUT2D eigenvalue weighted by molar-refractivity contribution is -0.118. The van der Waals surface area contributed by atoms with E-state index in [0.29, 0.717) is 38.3 Å². The first-order valence-electron chi connectivity index (χ1n) is 12.5. The van der Waals surface area contributed by atoms with Crippen LogP contribution in [-0.2, 0) is 11.2 Å². The van der Waals surface area contributed by atoms with Gasteiger partial charge in [0.1, 0.15) is 10.4 Å². The molecule has 0 spiro atoms. The number of hydrogen-bond donors (Lipinski definition) is 1. The van der Waals surface area contributed by atoms with Crippen LogP contribution in [0.3, 0.4) is 0 Å². The lowest BCUT2D eigenvalue weighted by atomic mass is 10.1. The van der Waals surface area contributed by atoms with Crippen LogP contribution >= 0.6 is 35.3 Å². The number of fused-ring (bicyclic) bond motifs is 1. The number of thiazole rings is 1. The van der Waals surface area contributed by atoms with Gasteiger partial charge in [0, 0.05) is 12.2 Å². The van der Waals surface area contributed by atoms with Crippen molar-refractivity contribution in [2.75, 3.05) is 18.9 Å². The Balaban J connectivity index is 1.47. The first kappa shape index (κ1) is 26.9. The average Bonchev–Trinajstić information content (AvgIpc) is 3.29. The van der Waals surface area contributed by atoms with Crippen LogP contribution in [0.1, 0.15) is 12.5 Å². The monoisotopic (exact) mass is 574 g/mol. The lowest BCUT2D eigenvalue weighted by Crippen LogP contribution is -2.28. The molecule has 198 valence electrons. The smallest absolute Gasteiger partial charge is 0.278 e. The Morgan fingerprint density at radius 1 is 0.974 bits per heavy atom. The third-order valence-electron chi connectivity index (χ3n) is 5.91. The molecular formula is C29H26N4O3S3. The largest absolute Gasteiger partial charge is 0.494 e. The van der Waals surface area contributed by atoms with Gasteiger partial charge in [0.25, 0.3) is 5.56 Å². The Morgan fingerprint density at radius 2 is 1.64 bits per heavy atom. The van der Waals surface area contributed by atoms with E-state index in [1.165, 1.54) is 23.1 Å². The van der Waals surface area contributed by atoms with Gasteiger partial charge in [0.2, 0.25) is 5.91 Å². The van der Waals surface area contributed by atoms with Gasteiger partial charge >= 0.3 is 0 Å². The number of carbonyl (C=O) groups is 1. The van der Waals surface area contributed by atoms with Crippen LogP contribution in [0, 0.1) is 3.95 Å². The standard InChI is InChI=1S/C29H26N4O3S3/c1-2-36-23-15-13-22(14-16-23)32-26-25(39-29(32)37)27(35)33(21-11-7-4-8-12-21)28(31-26)38-19-24(34)30-18-17-20-9-5-3-6-10-20/h3-16H,2,17-19H2,1H3,(H,30,34). The molecule has 0 aliphatic rings. The molecule has 7 nitrogen and oxygen atoms in total. The van der Waals surface area contributed by atoms with Gasteiger partial charge in [-0.25, -0.2) is 4.98 Å². The van der Waals surface area contributed by atoms with Gasteiger partial charge in [-0.3, -0.25) is 18.7 Å². The first-order chi connectivity index (χ1) is 19.0. The molecule has 5 aromatic rings. The number of ether oxygens (including phenoxy) is 1. The Morgan fingerprint density at radius 3 is 2.33 bits per heavy atom. The quantitative estimate of drug-likeness (QED) is 0.129. The van der Waals surface area contributed by atoms with Crippen molar-refractivity contribution in [3.8, 4) is 17.1 Å². The number of rotatable bonds is 10. The highest BCUT2D eigenvalue weighted by Gasteiger charge is 2.20. The number of aromatic nitrogens is 3. The summed E-state index contributed by atoms with van der Waals surface area (Å²) in [6.45, 7) is 3.03. The summed E-state index contributed by atoms with van der Waals surface area (Å²) in [4.78, 5) is 31.4. The van der Waals surface area contributed by atoms with E-state index < -0.39 is 0 Å². The van der Waals surface area contributed by atoms with Crippen molar-refractivity contribution < 1.29 is 9.53 Å². The van der Waals surface area contributed by atoms with Crippen molar-refractivity contribution in [3.05, 3.63) is 105 Å². The fourth-order valence-corrected chi connectivity index (χ4v) is 6.23. The number of nitrogens with one attached hydrogen (secondary N) is 1. The van der Waals surface area contributed by atoms with E-state index in [1.807, 2.05) is 91.9 Å². The van der Waals surface area contributed by atoms with Crippen molar-refractivity contribution in [2.45, 2.75) is 18.5 Å². The minimum Gasteiger partial charge on any atom is -0.494 e. The van der Waals surface area contributed by atoms with Gasteiger partial charge in [0.05, 0.1) is 18.0 Å². The number of nitrogens with zero attached hydrogens (tertiary/aromatic N) is 3. The molecule has 0 radical (unpaired) electrons. The fraction of sp³-hybridized carbons (Fsp3) is 0.172. The van der Waals surface area contributed by atoms with E-state index in [-0.39, 0.29) is 17.2 Å². The van der Waals surface area contributed by atoms with Gasteiger partial charge in [-0.05, 0) is 67.5 Å². The molecule has 1 amide bonds. The second-order valence-electron chi connectivity index (χ2n) is 8.53. The van der Waals surface area contributed by atoms with E-state index in [2.05, 4.69) is 5.32 Å². The van der Waals surface area contributed by atoms with E-state index in [4.69, 9.17) is 21.9 Å². The van der Waals surface area contributed by atoms with Crippen molar-refractivity contribution in [1.82, 2.24) is 19.4 Å². The van der Waals surface area contributed by atoms with E-state index >= 15 is 0 Å². The third-order valence-corrected chi connectivity index (χ3v) is 8.20. The maximum Gasteiger partial charge on any atom is 0.278 e. The van der Waals surface area contributed by atoms with Gasteiger partial charge in [-0.15, -0.1) is 0 Å². The molecule has 0 saturated heterocycles. The molecule has 2 heterocycles. The second-order valence-corrected chi connectivity index (χ2v) is 11.1. The molecule has 0 unspecified atom stereocenters. The van der Waals surface area contributed by atoms with Gasteiger partial charge in [-0.2, -0.15) is 0 Å². The SMILES string of the molecule is CCOc1ccc(-n2c(=S)sc3c(=O)n(-c4ccccc4)c(SCC(=O)NCCc4ccccc4)nc32)cc1. The van der Waals surface area contributed by atoms with Crippen molar-refractivity contribution in [3.63, 3.8) is 0 Å². The predicted octanol–water partition coefficient (Wildman–Crippen LogP) is 5.82. The summed E-state index contributed by atoms with van der Waals surface area (Å²) in [5.74, 6) is 0.743. The maximum atomic E-state index is 13.8. The number of thioether (sulfide) groups is 1. The molecule has 0 atom stereocenters. The third kappa shape index (κ3) is 6.13. The molecule has 0 bridgehead atoms. The topological polar surface area (TPSA) is 78.1 Å². The summed E-state index contributed by atoms with van der Waals surface area (Å²) < 4.78 is 9.88. The first-order valence-corrected chi connectivity index (χ1v) is 14.7. The highest BCUT2D eigenvalue weighted by molar-refractivity contribution is 7.99. The summed E-state index contributed by atoms with van der Waals surface area (Å²) in [6.07, 6.45) is 0.745. The summed E-state index contributed by atoms with van der Waals surface area (Å²) in [5.41, 5.74) is 2.87. The number of para-hydroxylation sites is 1. The second kappa shape index (κ2) is 12.4. The molecule has 1 N–H and O–H groups in total. The summed E-state index contributed by atoms with van der Waals surface area (Å²) in [5, 5.41) is 3.38. The Kier molecular flexibility index (Phi) is 8.55. The molecule has 0 saturated carbocycles. The zero-order valence-electron chi connectivity index (χ0n) is 21.2. The Hall–Kier alpha value is -3.73. The van der Waals surface area contributed by atoms with Crippen LogP contribution in [-0.4, -0.2) is 38.9 Å². The Labute approximate surface area is 239 Å². The molecule has 39 heavy (non-hydrogen) atoms. The number of benzene rings is 3. The van der Waals surface area contributed by atoms with Crippen LogP contribution in [0.5, 0.6) is 5.75 Å². The van der Waals surface area contributed by atoms with Crippen molar-refractivity contribution in [1.29, 1.82) is 0 Å². The average molecular weight is 575 g/mol. The number of carbonyl (C=O) groups excluding carboxylic acids is 1. The normalized spacial score (nSPS) is 11.0. The molecule has 10 heteroatoms. The maximum absolute atomic E-state index is 13.8. The van der Waals surface area contributed by atoms with Crippen LogP contribution in [0.25, 0.3) is 21.7 Å². The predicted molar refractivity (Wildman–Crippen MR) is 160 cm³/mol. The highest BCUT2D eigenvalue weighted by Crippen LogP contribution is 2.28. The molecule has 0 fully saturated rings. The molecule has 2 aromatic heterocycles. The fourth-order valence-electron chi connectivity index (χ4n) is 4.10. The Bertz CT molecular complexity index is 1700. The zero-order chi connectivity index (χ0) is 27.2. The van der Waals surface area contributed by atoms with Crippen LogP contribution in [0.2, 0.25) is 0 Å². The van der Waals surface area contributed by atoms with E-state index in [1.54, 1.807) is 9.13 Å². The summed E-state index contributed by atoms with van der Waals surface area (Å²) in [6, 6.07) is 26.8. The van der Waals surface area contributed by atoms with Gasteiger partial charge in [-0.1, -0.05) is 71.6 Å². The lowest BCUT2D eigenvalue weighted by Gasteiger charge is -2.13. The van der Waals surface area contributed by atoms with Gasteiger partial charge in [0.15, 0.2) is 14.8 Å². The number of amides is 1. The molecule has 5 rings (SSSR count). The minimum absolute atomic E-state index is 0.119. The van der Waals surface area contributed by atoms with Crippen molar-refractivity contribution in [2.24, 2.45) is 0 Å². The summed E-state index contributed by atoms with van der Waals surface area (Å²) >= 11 is 8.12. The summed E-state index contributed by atoms with van der Waals surface area (Å²) in [7, 11) is 0. The molecule has 0 aliphatic carbocycles. The highest BCUT2D eigenvalue weighted by atomic mass is 32.2. The van der Waals surface area contributed by atoms with Crippen LogP contribution in [0.4, 0.5) is 0 Å². The number of hydrogen-bond acceptors (Lipinski definition) is 7.